The number of hydrogen-bond donors (Lipinski definition) is 2. The Morgan fingerprint density at radius 1 is 0.660 bits per heavy atom. The van der Waals surface area contributed by atoms with Crippen LogP contribution in [0.3, 0.4) is 0 Å². The van der Waals surface area contributed by atoms with Crippen LogP contribution in [0.1, 0.15) is 72.1 Å². The number of carboxylic acid groups (broad SMARTS) is 2. The van der Waals surface area contributed by atoms with Gasteiger partial charge in [-0.15, -0.1) is 10.1 Å². The van der Waals surface area contributed by atoms with Gasteiger partial charge in [-0.25, -0.2) is 19.2 Å². The molecule has 2 rings (SSSR count). The topological polar surface area (TPSA) is 232 Å². The van der Waals surface area contributed by atoms with Gasteiger partial charge in [-0.05, 0) is 49.9 Å². The quantitative estimate of drug-likeness (QED) is 0.0481. The highest BCUT2D eigenvalue weighted by atomic mass is 79.9. The standard InChI is InChI=1S/C15H17BrO6.C15H17NO9/c16-9-5-1-2-8-14(19)22-12-7-4-3-6-11(12)15(20)21-10-13(17)18;17-13(18)10-23-15(20)11-6-3-4-7-12(11)25-14(19)8-2-1-5-9-24-16(21)22/h3-4,6-7H,1-2,5,8-10H2,(H,17,18);3-4,6-7H,1-2,5,8-10H2,(H,17,18). The lowest BCUT2D eigenvalue weighted by Crippen LogP contribution is -2.15. The summed E-state index contributed by atoms with van der Waals surface area (Å²) in [6.07, 6.45) is 4.29. The van der Waals surface area contributed by atoms with E-state index in [9.17, 15) is 38.9 Å². The molecule has 0 heterocycles. The van der Waals surface area contributed by atoms with Crippen molar-refractivity contribution in [1.29, 1.82) is 0 Å². The third-order valence-corrected chi connectivity index (χ3v) is 6.11. The average molecular weight is 728 g/mol. The zero-order chi connectivity index (χ0) is 35.0. The number of carbonyl (C=O) groups excluding carboxylic acids is 4. The van der Waals surface area contributed by atoms with Gasteiger partial charge < -0.3 is 34.0 Å². The van der Waals surface area contributed by atoms with Gasteiger partial charge in [0.2, 0.25) is 0 Å². The molecule has 0 aliphatic heterocycles. The molecule has 0 saturated carbocycles. The molecule has 17 heteroatoms. The van der Waals surface area contributed by atoms with Gasteiger partial charge in [-0.2, -0.15) is 0 Å². The van der Waals surface area contributed by atoms with Crippen LogP contribution in [-0.4, -0.2) is 76.3 Å². The summed E-state index contributed by atoms with van der Waals surface area (Å²) in [5.74, 6) is -5.30. The van der Waals surface area contributed by atoms with Gasteiger partial charge in [0.05, 0.1) is 6.61 Å². The third-order valence-electron chi connectivity index (χ3n) is 5.55. The molecular formula is C30H34BrNO15. The first-order valence-corrected chi connectivity index (χ1v) is 15.3. The fourth-order valence-corrected chi connectivity index (χ4v) is 3.83. The van der Waals surface area contributed by atoms with Crippen molar-refractivity contribution in [3.8, 4) is 11.5 Å². The number of aliphatic carboxylic acids is 2. The molecule has 0 unspecified atom stereocenters. The number of carbonyl (C=O) groups is 6. The number of halogens is 1. The fraction of sp³-hybridized carbons (Fsp3) is 0.400. The summed E-state index contributed by atoms with van der Waals surface area (Å²) in [4.78, 5) is 82.0. The Balaban J connectivity index is 0.000000474. The second kappa shape index (κ2) is 23.3. The lowest BCUT2D eigenvalue weighted by Gasteiger charge is -2.09. The number of nitrogens with zero attached hydrogens (tertiary/aromatic N) is 1. The summed E-state index contributed by atoms with van der Waals surface area (Å²) in [6, 6.07) is 11.9. The van der Waals surface area contributed by atoms with E-state index in [-0.39, 0.29) is 42.1 Å². The van der Waals surface area contributed by atoms with E-state index in [0.29, 0.717) is 25.7 Å². The molecule has 0 aliphatic carbocycles. The number of hydrogen-bond acceptors (Lipinski definition) is 13. The molecule has 0 saturated heterocycles. The van der Waals surface area contributed by atoms with Crippen molar-refractivity contribution in [2.75, 3.05) is 25.2 Å². The number of esters is 4. The maximum atomic E-state index is 11.8. The first-order chi connectivity index (χ1) is 22.4. The first kappa shape index (κ1) is 40.0. The van der Waals surface area contributed by atoms with Crippen LogP contribution in [0.25, 0.3) is 0 Å². The fourth-order valence-electron chi connectivity index (χ4n) is 3.43. The third kappa shape index (κ3) is 18.5. The molecule has 0 fully saturated rings. The van der Waals surface area contributed by atoms with E-state index in [0.717, 1.165) is 18.2 Å². The highest BCUT2D eigenvalue weighted by molar-refractivity contribution is 9.09. The summed E-state index contributed by atoms with van der Waals surface area (Å²) in [5, 5.41) is 27.0. The van der Waals surface area contributed by atoms with Gasteiger partial charge >= 0.3 is 35.8 Å². The van der Waals surface area contributed by atoms with Crippen LogP contribution in [0.5, 0.6) is 11.5 Å². The van der Waals surface area contributed by atoms with Gasteiger partial charge in [-0.1, -0.05) is 53.0 Å². The molecule has 2 N–H and O–H groups in total. The maximum Gasteiger partial charge on any atom is 0.342 e. The Morgan fingerprint density at radius 2 is 1.09 bits per heavy atom. The van der Waals surface area contributed by atoms with Gasteiger partial charge in [0, 0.05) is 18.2 Å². The Kier molecular flexibility index (Phi) is 19.8. The summed E-state index contributed by atoms with van der Waals surface area (Å²) in [6.45, 7) is -1.58. The molecule has 0 radical (unpaired) electrons. The van der Waals surface area contributed by atoms with E-state index < -0.39 is 54.1 Å². The van der Waals surface area contributed by atoms with Crippen molar-refractivity contribution in [3.05, 3.63) is 69.8 Å². The summed E-state index contributed by atoms with van der Waals surface area (Å²) in [7, 11) is 0. The SMILES string of the molecule is O=C(O)COC(=O)c1ccccc1OC(=O)CCCCCBr.O=C(O)COC(=O)c1ccccc1OC(=O)CCCCCO[N+](=O)[O-]. The number of unbranched alkanes of at least 4 members (excludes halogenated alkanes) is 4. The lowest BCUT2D eigenvalue weighted by molar-refractivity contribution is -0.757. The number of ether oxygens (including phenoxy) is 4. The monoisotopic (exact) mass is 727 g/mol. The van der Waals surface area contributed by atoms with E-state index in [2.05, 4.69) is 30.2 Å². The molecule has 0 bridgehead atoms. The van der Waals surface area contributed by atoms with Gasteiger partial charge in [0.1, 0.15) is 22.6 Å². The lowest BCUT2D eigenvalue weighted by atomic mass is 10.2. The molecule has 0 atom stereocenters. The smallest absolute Gasteiger partial charge is 0.342 e. The zero-order valence-electron chi connectivity index (χ0n) is 25.1. The van der Waals surface area contributed by atoms with E-state index in [1.54, 1.807) is 18.2 Å². The second-order valence-corrected chi connectivity index (χ2v) is 10.0. The largest absolute Gasteiger partial charge is 0.479 e. The van der Waals surface area contributed by atoms with Crippen LogP contribution in [-0.2, 0) is 33.5 Å². The molecule has 0 aliphatic rings. The predicted molar refractivity (Wildman–Crippen MR) is 164 cm³/mol. The minimum atomic E-state index is -1.30. The van der Waals surface area contributed by atoms with Crippen LogP contribution in [0, 0.1) is 10.1 Å². The first-order valence-electron chi connectivity index (χ1n) is 14.1. The van der Waals surface area contributed by atoms with Gasteiger partial charge in [-0.3, -0.25) is 9.59 Å². The molecule has 2 aromatic rings. The predicted octanol–water partition coefficient (Wildman–Crippen LogP) is 4.39. The van der Waals surface area contributed by atoms with E-state index >= 15 is 0 Å². The minimum Gasteiger partial charge on any atom is -0.479 e. The zero-order valence-corrected chi connectivity index (χ0v) is 26.7. The van der Waals surface area contributed by atoms with Crippen LogP contribution < -0.4 is 9.47 Å². The molecule has 2 aromatic carbocycles. The Morgan fingerprint density at radius 3 is 1.49 bits per heavy atom. The van der Waals surface area contributed by atoms with Crippen molar-refractivity contribution in [1.82, 2.24) is 0 Å². The summed E-state index contributed by atoms with van der Waals surface area (Å²) in [5.41, 5.74) is -0.0333. The summed E-state index contributed by atoms with van der Waals surface area (Å²) >= 11 is 3.31. The Labute approximate surface area is 277 Å². The maximum absolute atomic E-state index is 11.8. The van der Waals surface area contributed by atoms with E-state index in [1.165, 1.54) is 30.3 Å². The molecule has 47 heavy (non-hydrogen) atoms. The summed E-state index contributed by atoms with van der Waals surface area (Å²) < 4.78 is 19.4. The van der Waals surface area contributed by atoms with Gasteiger partial charge in [0.25, 0.3) is 5.09 Å². The second-order valence-electron chi connectivity index (χ2n) is 9.25. The molecule has 0 spiro atoms. The van der Waals surface area contributed by atoms with Crippen LogP contribution in [0.15, 0.2) is 48.5 Å². The van der Waals surface area contributed by atoms with Crippen molar-refractivity contribution >= 4 is 51.7 Å². The highest BCUT2D eigenvalue weighted by Crippen LogP contribution is 2.21. The number of alkyl halides is 1. The molecular weight excluding hydrogens is 694 g/mol. The van der Waals surface area contributed by atoms with Crippen molar-refractivity contribution in [3.63, 3.8) is 0 Å². The van der Waals surface area contributed by atoms with Gasteiger partial charge in [0.15, 0.2) is 13.2 Å². The normalized spacial score (nSPS) is 9.98. The Hall–Kier alpha value is -5.06. The highest BCUT2D eigenvalue weighted by Gasteiger charge is 2.18. The Bertz CT molecular complexity index is 1360. The number of carboxylic acids is 2. The molecule has 16 nitrogen and oxygen atoms in total. The average Bonchev–Trinajstić information content (AvgIpc) is 3.03. The number of rotatable bonds is 20. The molecule has 256 valence electrons. The number of para-hydroxylation sites is 2. The van der Waals surface area contributed by atoms with Crippen molar-refractivity contribution < 1.29 is 67.9 Å². The number of benzene rings is 2. The molecule has 0 amide bonds. The minimum absolute atomic E-state index is 0.0255. The van der Waals surface area contributed by atoms with Crippen LogP contribution >= 0.6 is 15.9 Å². The van der Waals surface area contributed by atoms with E-state index in [1.807, 2.05) is 0 Å². The van der Waals surface area contributed by atoms with Crippen LogP contribution in [0.4, 0.5) is 0 Å². The van der Waals surface area contributed by atoms with Crippen molar-refractivity contribution in [2.24, 2.45) is 0 Å². The molecule has 0 aromatic heterocycles. The van der Waals surface area contributed by atoms with Crippen molar-refractivity contribution in [2.45, 2.75) is 51.4 Å². The van der Waals surface area contributed by atoms with E-state index in [4.69, 9.17) is 19.7 Å². The van der Waals surface area contributed by atoms with Crippen LogP contribution in [0.2, 0.25) is 0 Å².